The van der Waals surface area contributed by atoms with Gasteiger partial charge in [-0.15, -0.1) is 11.3 Å². The Labute approximate surface area is 156 Å². The van der Waals surface area contributed by atoms with E-state index in [0.717, 1.165) is 38.8 Å². The smallest absolute Gasteiger partial charge is 0.410 e. The molecule has 1 fully saturated rings. The largest absolute Gasteiger partial charge is 0.444 e. The lowest BCUT2D eigenvalue weighted by atomic mass is 10.0. The van der Waals surface area contributed by atoms with Crippen LogP contribution in [-0.2, 0) is 11.2 Å². The number of hydrogen-bond acceptors (Lipinski definition) is 4. The van der Waals surface area contributed by atoms with Crippen LogP contribution in [0.15, 0.2) is 17.5 Å². The van der Waals surface area contributed by atoms with E-state index in [1.54, 1.807) is 0 Å². The Morgan fingerprint density at radius 2 is 2.20 bits per heavy atom. The van der Waals surface area contributed by atoms with Crippen molar-refractivity contribution in [1.82, 2.24) is 10.2 Å². The van der Waals surface area contributed by atoms with Gasteiger partial charge in [0.15, 0.2) is 0 Å². The molecule has 4 nitrogen and oxygen atoms in total. The summed E-state index contributed by atoms with van der Waals surface area (Å²) < 4.78 is 5.64. The van der Waals surface area contributed by atoms with Gasteiger partial charge in [0, 0.05) is 30.1 Å². The SMILES string of the molecule is CC(CC1CCCCCN1C(=O)OC(C)(C)C)NCCc1cccs1. The van der Waals surface area contributed by atoms with Gasteiger partial charge in [-0.3, -0.25) is 0 Å². The second-order valence-electron chi connectivity index (χ2n) is 8.10. The molecule has 5 heteroatoms. The van der Waals surface area contributed by atoms with Crippen molar-refractivity contribution in [2.24, 2.45) is 0 Å². The zero-order chi connectivity index (χ0) is 18.3. The van der Waals surface area contributed by atoms with Crippen molar-refractivity contribution in [3.63, 3.8) is 0 Å². The zero-order valence-electron chi connectivity index (χ0n) is 16.2. The fourth-order valence-corrected chi connectivity index (χ4v) is 4.08. The number of likely N-dealkylation sites (tertiary alicyclic amines) is 1. The number of carbonyl (C=O) groups excluding carboxylic acids is 1. The normalized spacial score (nSPS) is 20.2. The summed E-state index contributed by atoms with van der Waals surface area (Å²) in [7, 11) is 0. The van der Waals surface area contributed by atoms with E-state index in [0.29, 0.717) is 6.04 Å². The molecule has 0 bridgehead atoms. The highest BCUT2D eigenvalue weighted by Gasteiger charge is 2.30. The van der Waals surface area contributed by atoms with E-state index in [1.807, 2.05) is 37.0 Å². The molecule has 142 valence electrons. The van der Waals surface area contributed by atoms with E-state index >= 15 is 0 Å². The number of rotatable bonds is 6. The monoisotopic (exact) mass is 366 g/mol. The molecule has 2 rings (SSSR count). The first-order valence-electron chi connectivity index (χ1n) is 9.60. The lowest BCUT2D eigenvalue weighted by Crippen LogP contribution is -2.45. The van der Waals surface area contributed by atoms with Gasteiger partial charge >= 0.3 is 6.09 Å². The highest BCUT2D eigenvalue weighted by Crippen LogP contribution is 2.23. The van der Waals surface area contributed by atoms with Crippen LogP contribution in [-0.4, -0.2) is 41.8 Å². The summed E-state index contributed by atoms with van der Waals surface area (Å²) in [6, 6.07) is 4.97. The Bertz CT molecular complexity index is 510. The van der Waals surface area contributed by atoms with Gasteiger partial charge in [-0.2, -0.15) is 0 Å². The maximum atomic E-state index is 12.6. The first-order valence-corrected chi connectivity index (χ1v) is 10.5. The molecule has 1 N–H and O–H groups in total. The lowest BCUT2D eigenvalue weighted by Gasteiger charge is -2.33. The highest BCUT2D eigenvalue weighted by atomic mass is 32.1. The molecule has 2 atom stereocenters. The van der Waals surface area contributed by atoms with Crippen LogP contribution in [0.1, 0.15) is 64.7 Å². The van der Waals surface area contributed by atoms with Crippen molar-refractivity contribution in [3.8, 4) is 0 Å². The Morgan fingerprint density at radius 3 is 2.88 bits per heavy atom. The summed E-state index contributed by atoms with van der Waals surface area (Å²) in [5, 5.41) is 5.75. The van der Waals surface area contributed by atoms with Gasteiger partial charge in [0.2, 0.25) is 0 Å². The molecule has 25 heavy (non-hydrogen) atoms. The number of carbonyl (C=O) groups is 1. The van der Waals surface area contributed by atoms with E-state index in [-0.39, 0.29) is 12.1 Å². The molecule has 0 spiro atoms. The maximum absolute atomic E-state index is 12.6. The number of nitrogens with one attached hydrogen (secondary N) is 1. The molecular formula is C20H34N2O2S. The molecule has 0 saturated carbocycles. The third-order valence-corrected chi connectivity index (χ3v) is 5.51. The van der Waals surface area contributed by atoms with Crippen molar-refractivity contribution in [1.29, 1.82) is 0 Å². The lowest BCUT2D eigenvalue weighted by molar-refractivity contribution is 0.0150. The van der Waals surface area contributed by atoms with E-state index in [4.69, 9.17) is 4.74 Å². The molecule has 1 aromatic rings. The molecule has 0 aliphatic carbocycles. The van der Waals surface area contributed by atoms with Crippen molar-refractivity contribution in [2.45, 2.75) is 83.9 Å². The zero-order valence-corrected chi connectivity index (χ0v) is 17.0. The molecule has 2 unspecified atom stereocenters. The number of hydrogen-bond donors (Lipinski definition) is 1. The summed E-state index contributed by atoms with van der Waals surface area (Å²) in [5.74, 6) is 0. The van der Waals surface area contributed by atoms with Crippen LogP contribution >= 0.6 is 11.3 Å². The van der Waals surface area contributed by atoms with Crippen LogP contribution in [0.2, 0.25) is 0 Å². The summed E-state index contributed by atoms with van der Waals surface area (Å²) >= 11 is 1.81. The van der Waals surface area contributed by atoms with Gasteiger partial charge in [0.25, 0.3) is 0 Å². The molecule has 1 aliphatic heterocycles. The average molecular weight is 367 g/mol. The van der Waals surface area contributed by atoms with Crippen LogP contribution in [0.4, 0.5) is 4.79 Å². The maximum Gasteiger partial charge on any atom is 0.410 e. The summed E-state index contributed by atoms with van der Waals surface area (Å²) in [5.41, 5.74) is -0.432. The second kappa shape index (κ2) is 9.58. The van der Waals surface area contributed by atoms with Crippen LogP contribution in [0, 0.1) is 0 Å². The first-order chi connectivity index (χ1) is 11.8. The van der Waals surface area contributed by atoms with Gasteiger partial charge in [0.1, 0.15) is 5.60 Å². The van der Waals surface area contributed by atoms with Crippen molar-refractivity contribution in [3.05, 3.63) is 22.4 Å². The van der Waals surface area contributed by atoms with Crippen LogP contribution in [0.5, 0.6) is 0 Å². The van der Waals surface area contributed by atoms with Crippen LogP contribution in [0.3, 0.4) is 0 Å². The minimum Gasteiger partial charge on any atom is -0.444 e. The Hall–Kier alpha value is -1.07. The predicted octanol–water partition coefficient (Wildman–Crippen LogP) is 4.84. The Morgan fingerprint density at radius 1 is 1.40 bits per heavy atom. The van der Waals surface area contributed by atoms with Crippen LogP contribution in [0.25, 0.3) is 0 Å². The minimum atomic E-state index is -0.432. The molecule has 1 aliphatic rings. The number of nitrogens with zero attached hydrogens (tertiary/aromatic N) is 1. The van der Waals surface area contributed by atoms with Gasteiger partial charge in [-0.25, -0.2) is 4.79 Å². The van der Waals surface area contributed by atoms with Crippen molar-refractivity contribution < 1.29 is 9.53 Å². The van der Waals surface area contributed by atoms with Gasteiger partial charge in [-0.05, 0) is 64.8 Å². The fourth-order valence-electron chi connectivity index (χ4n) is 3.37. The first kappa shape index (κ1) is 20.2. The molecule has 2 heterocycles. The number of amides is 1. The third kappa shape index (κ3) is 7.37. The molecule has 1 aromatic heterocycles. The average Bonchev–Trinajstić information content (AvgIpc) is 2.91. The number of ether oxygens (including phenoxy) is 1. The molecule has 1 amide bonds. The Balaban J connectivity index is 1.85. The quantitative estimate of drug-likeness (QED) is 0.783. The Kier molecular flexibility index (Phi) is 7.76. The fraction of sp³-hybridized carbons (Fsp3) is 0.750. The van der Waals surface area contributed by atoms with Crippen LogP contribution < -0.4 is 5.32 Å². The molecular weight excluding hydrogens is 332 g/mol. The van der Waals surface area contributed by atoms with Gasteiger partial charge in [-0.1, -0.05) is 18.9 Å². The third-order valence-electron chi connectivity index (χ3n) is 4.58. The highest BCUT2D eigenvalue weighted by molar-refractivity contribution is 7.09. The molecule has 1 saturated heterocycles. The summed E-state index contributed by atoms with van der Waals surface area (Å²) in [6.45, 7) is 9.85. The van der Waals surface area contributed by atoms with Crippen molar-refractivity contribution >= 4 is 17.4 Å². The summed E-state index contributed by atoms with van der Waals surface area (Å²) in [6.07, 6.45) is 6.48. The minimum absolute atomic E-state index is 0.148. The van der Waals surface area contributed by atoms with E-state index in [9.17, 15) is 4.79 Å². The van der Waals surface area contributed by atoms with Crippen molar-refractivity contribution in [2.75, 3.05) is 13.1 Å². The molecule has 0 radical (unpaired) electrons. The second-order valence-corrected chi connectivity index (χ2v) is 9.13. The van der Waals surface area contributed by atoms with E-state index in [1.165, 1.54) is 17.7 Å². The predicted molar refractivity (Wildman–Crippen MR) is 105 cm³/mol. The standard InChI is InChI=1S/C20H34N2O2S/c1-16(21-12-11-18-10-8-14-25-18)15-17-9-6-5-7-13-22(17)19(23)24-20(2,3)4/h8,10,14,16-17,21H,5-7,9,11-13,15H2,1-4H3. The topological polar surface area (TPSA) is 41.6 Å². The van der Waals surface area contributed by atoms with Gasteiger partial charge < -0.3 is 15.0 Å². The van der Waals surface area contributed by atoms with E-state index in [2.05, 4.69) is 29.8 Å². The van der Waals surface area contributed by atoms with E-state index < -0.39 is 5.60 Å². The summed E-state index contributed by atoms with van der Waals surface area (Å²) in [4.78, 5) is 16.0. The van der Waals surface area contributed by atoms with Gasteiger partial charge in [0.05, 0.1) is 0 Å². The number of thiophene rings is 1. The molecule has 0 aromatic carbocycles.